The second kappa shape index (κ2) is 5.09. The molecule has 0 aliphatic rings. The molecule has 0 heterocycles. The van der Waals surface area contributed by atoms with E-state index in [9.17, 15) is 0 Å². The SMILES string of the molecule is CCCCC(C)(C#N)N=NC(C)(C)C. The molecule has 0 aliphatic carbocycles. The summed E-state index contributed by atoms with van der Waals surface area (Å²) < 4.78 is 0. The third-order valence-electron chi connectivity index (χ3n) is 1.83. The Labute approximate surface area is 87.2 Å². The minimum absolute atomic E-state index is 0.190. The molecule has 80 valence electrons. The summed E-state index contributed by atoms with van der Waals surface area (Å²) in [5.41, 5.74) is -0.826. The van der Waals surface area contributed by atoms with Gasteiger partial charge in [0.05, 0.1) is 11.6 Å². The molecule has 0 saturated heterocycles. The van der Waals surface area contributed by atoms with Gasteiger partial charge in [-0.15, -0.1) is 0 Å². The molecule has 0 spiro atoms. The van der Waals surface area contributed by atoms with Crippen molar-refractivity contribution >= 4 is 0 Å². The third kappa shape index (κ3) is 5.69. The quantitative estimate of drug-likeness (QED) is 0.631. The molecule has 0 fully saturated rings. The topological polar surface area (TPSA) is 48.5 Å². The Morgan fingerprint density at radius 1 is 1.14 bits per heavy atom. The van der Waals surface area contributed by atoms with Crippen molar-refractivity contribution in [3.05, 3.63) is 0 Å². The molecule has 0 saturated carbocycles. The molecule has 14 heavy (non-hydrogen) atoms. The van der Waals surface area contributed by atoms with Crippen LogP contribution in [0.2, 0.25) is 0 Å². The van der Waals surface area contributed by atoms with Crippen molar-refractivity contribution in [3.8, 4) is 6.07 Å². The van der Waals surface area contributed by atoms with Gasteiger partial charge in [-0.25, -0.2) is 0 Å². The number of nitriles is 1. The monoisotopic (exact) mass is 195 g/mol. The van der Waals surface area contributed by atoms with Crippen LogP contribution in [0.1, 0.15) is 53.9 Å². The van der Waals surface area contributed by atoms with Crippen molar-refractivity contribution in [2.45, 2.75) is 65.0 Å². The number of unbranched alkanes of at least 4 members (excludes halogenated alkanes) is 1. The van der Waals surface area contributed by atoms with Crippen LogP contribution in [-0.4, -0.2) is 11.1 Å². The molecule has 3 heteroatoms. The van der Waals surface area contributed by atoms with Crippen molar-refractivity contribution in [2.24, 2.45) is 10.2 Å². The summed E-state index contributed by atoms with van der Waals surface area (Å²) in [6.07, 6.45) is 2.90. The Morgan fingerprint density at radius 3 is 2.07 bits per heavy atom. The van der Waals surface area contributed by atoms with Crippen LogP contribution >= 0.6 is 0 Å². The summed E-state index contributed by atoms with van der Waals surface area (Å²) in [4.78, 5) is 0. The Bertz CT molecular complexity index is 232. The van der Waals surface area contributed by atoms with E-state index in [0.717, 1.165) is 19.3 Å². The lowest BCUT2D eigenvalue weighted by Gasteiger charge is -2.17. The average Bonchev–Trinajstić information content (AvgIpc) is 2.10. The molecular weight excluding hydrogens is 174 g/mol. The maximum Gasteiger partial charge on any atom is 0.164 e. The molecule has 0 bridgehead atoms. The van der Waals surface area contributed by atoms with Crippen LogP contribution in [0.25, 0.3) is 0 Å². The maximum absolute atomic E-state index is 9.01. The molecule has 1 unspecified atom stereocenters. The molecule has 0 aromatic heterocycles. The van der Waals surface area contributed by atoms with Gasteiger partial charge in [-0.05, 0) is 34.1 Å². The molecule has 0 N–H and O–H groups in total. The second-order valence-electron chi connectivity index (χ2n) is 4.86. The largest absolute Gasteiger partial charge is 0.196 e. The minimum atomic E-state index is -0.636. The van der Waals surface area contributed by atoms with Crippen LogP contribution in [0, 0.1) is 11.3 Å². The van der Waals surface area contributed by atoms with Crippen LogP contribution in [0.5, 0.6) is 0 Å². The number of azo groups is 1. The van der Waals surface area contributed by atoms with E-state index >= 15 is 0 Å². The zero-order valence-corrected chi connectivity index (χ0v) is 9.96. The molecule has 1 atom stereocenters. The zero-order chi connectivity index (χ0) is 11.2. The van der Waals surface area contributed by atoms with E-state index in [0.29, 0.717) is 0 Å². The molecule has 0 aromatic carbocycles. The van der Waals surface area contributed by atoms with Gasteiger partial charge in [0.25, 0.3) is 0 Å². The minimum Gasteiger partial charge on any atom is -0.196 e. The number of nitrogens with zero attached hydrogens (tertiary/aromatic N) is 3. The van der Waals surface area contributed by atoms with Crippen molar-refractivity contribution < 1.29 is 0 Å². The lowest BCUT2D eigenvalue weighted by Crippen LogP contribution is -2.20. The van der Waals surface area contributed by atoms with Crippen LogP contribution in [-0.2, 0) is 0 Å². The number of hydrogen-bond acceptors (Lipinski definition) is 3. The number of hydrogen-bond donors (Lipinski definition) is 0. The Balaban J connectivity index is 4.41. The van der Waals surface area contributed by atoms with Crippen LogP contribution in [0.3, 0.4) is 0 Å². The van der Waals surface area contributed by atoms with Crippen LogP contribution in [0.15, 0.2) is 10.2 Å². The zero-order valence-electron chi connectivity index (χ0n) is 9.96. The van der Waals surface area contributed by atoms with E-state index in [1.807, 2.05) is 27.7 Å². The summed E-state index contributed by atoms with van der Waals surface area (Å²) >= 11 is 0. The molecule has 3 nitrogen and oxygen atoms in total. The van der Waals surface area contributed by atoms with E-state index in [1.54, 1.807) is 0 Å². The summed E-state index contributed by atoms with van der Waals surface area (Å²) in [5, 5.41) is 17.3. The van der Waals surface area contributed by atoms with Gasteiger partial charge in [0.1, 0.15) is 0 Å². The van der Waals surface area contributed by atoms with Gasteiger partial charge in [0.2, 0.25) is 0 Å². The average molecular weight is 195 g/mol. The fourth-order valence-corrected chi connectivity index (χ4v) is 0.910. The van der Waals surface area contributed by atoms with E-state index in [4.69, 9.17) is 5.26 Å². The Kier molecular flexibility index (Phi) is 4.76. The summed E-state index contributed by atoms with van der Waals surface area (Å²) in [7, 11) is 0. The van der Waals surface area contributed by atoms with E-state index in [1.165, 1.54) is 0 Å². The predicted octanol–water partition coefficient (Wildman–Crippen LogP) is 3.71. The molecule has 0 amide bonds. The Morgan fingerprint density at radius 2 is 1.71 bits per heavy atom. The van der Waals surface area contributed by atoms with Gasteiger partial charge >= 0.3 is 0 Å². The van der Waals surface area contributed by atoms with E-state index < -0.39 is 5.54 Å². The molecular formula is C11H21N3. The molecule has 0 rings (SSSR count). The number of rotatable bonds is 4. The molecule has 0 aromatic rings. The highest BCUT2D eigenvalue weighted by molar-refractivity contribution is 5.03. The van der Waals surface area contributed by atoms with Gasteiger partial charge < -0.3 is 0 Å². The first-order valence-corrected chi connectivity index (χ1v) is 5.18. The van der Waals surface area contributed by atoms with E-state index in [2.05, 4.69) is 23.2 Å². The first kappa shape index (κ1) is 13.1. The van der Waals surface area contributed by atoms with Crippen LogP contribution < -0.4 is 0 Å². The van der Waals surface area contributed by atoms with Crippen molar-refractivity contribution in [3.63, 3.8) is 0 Å². The normalized spacial score (nSPS) is 16.6. The van der Waals surface area contributed by atoms with Gasteiger partial charge in [0, 0.05) is 0 Å². The first-order valence-electron chi connectivity index (χ1n) is 5.18. The second-order valence-corrected chi connectivity index (χ2v) is 4.86. The summed E-state index contributed by atoms with van der Waals surface area (Å²) in [6, 6.07) is 2.23. The smallest absolute Gasteiger partial charge is 0.164 e. The lowest BCUT2D eigenvalue weighted by atomic mass is 9.98. The predicted molar refractivity (Wildman–Crippen MR) is 58.2 cm³/mol. The summed E-state index contributed by atoms with van der Waals surface area (Å²) in [6.45, 7) is 9.90. The van der Waals surface area contributed by atoms with Crippen LogP contribution in [0.4, 0.5) is 0 Å². The highest BCUT2D eigenvalue weighted by Crippen LogP contribution is 2.20. The van der Waals surface area contributed by atoms with Crippen molar-refractivity contribution in [2.75, 3.05) is 0 Å². The highest BCUT2D eigenvalue weighted by atomic mass is 15.2. The highest BCUT2D eigenvalue weighted by Gasteiger charge is 2.23. The third-order valence-corrected chi connectivity index (χ3v) is 1.83. The van der Waals surface area contributed by atoms with Crippen molar-refractivity contribution in [1.29, 1.82) is 5.26 Å². The molecule has 0 aliphatic heterocycles. The maximum atomic E-state index is 9.01. The fourth-order valence-electron chi connectivity index (χ4n) is 0.910. The van der Waals surface area contributed by atoms with Gasteiger partial charge in [-0.2, -0.15) is 15.5 Å². The Hall–Kier alpha value is -0.910. The van der Waals surface area contributed by atoms with Gasteiger partial charge in [0.15, 0.2) is 5.54 Å². The lowest BCUT2D eigenvalue weighted by molar-refractivity contribution is 0.446. The first-order chi connectivity index (χ1) is 6.33. The van der Waals surface area contributed by atoms with Gasteiger partial charge in [-0.1, -0.05) is 19.8 Å². The summed E-state index contributed by atoms with van der Waals surface area (Å²) in [5.74, 6) is 0. The van der Waals surface area contributed by atoms with E-state index in [-0.39, 0.29) is 5.54 Å². The van der Waals surface area contributed by atoms with Crippen molar-refractivity contribution in [1.82, 2.24) is 0 Å². The van der Waals surface area contributed by atoms with Gasteiger partial charge in [-0.3, -0.25) is 0 Å². The standard InChI is InChI=1S/C11H21N3/c1-6-7-8-11(5,9-12)14-13-10(2,3)4/h6-8H2,1-5H3. The fraction of sp³-hybridized carbons (Fsp3) is 0.909. The molecule has 0 radical (unpaired) electrons.